The summed E-state index contributed by atoms with van der Waals surface area (Å²) in [7, 11) is 1.49. The Labute approximate surface area is 425 Å². The Morgan fingerprint density at radius 2 is 1.37 bits per heavy atom. The van der Waals surface area contributed by atoms with Crippen LogP contribution in [0.25, 0.3) is 0 Å². The summed E-state index contributed by atoms with van der Waals surface area (Å²) in [5.74, 6) is -1.18. The van der Waals surface area contributed by atoms with Crippen LogP contribution in [0.1, 0.15) is 170 Å². The number of rotatable bonds is 35. The van der Waals surface area contributed by atoms with Crippen molar-refractivity contribution in [1.29, 1.82) is 0 Å². The molecule has 388 valence electrons. The van der Waals surface area contributed by atoms with Crippen LogP contribution in [-0.4, -0.2) is 60.0 Å². The molecule has 3 amide bonds. The number of benzene rings is 3. The molecule has 0 aromatic heterocycles. The number of esters is 1. The molecule has 3 aromatic carbocycles. The molecule has 0 aliphatic carbocycles. The molecule has 70 heavy (non-hydrogen) atoms. The quantitative estimate of drug-likeness (QED) is 0.0167. The number of thioether (sulfide) groups is 1. The van der Waals surface area contributed by atoms with Gasteiger partial charge in [0.1, 0.15) is 29.4 Å². The number of phenolic OH excluding ortho intramolecular Hbond substituents is 1. The number of unbranched alkanes of at least 4 members (excludes halogenated alkanes) is 10. The van der Waals surface area contributed by atoms with Crippen molar-refractivity contribution in [2.24, 2.45) is 23.5 Å². The van der Waals surface area contributed by atoms with Crippen molar-refractivity contribution < 1.29 is 33.8 Å². The maximum absolute atomic E-state index is 14.5. The summed E-state index contributed by atoms with van der Waals surface area (Å²) in [6.45, 7) is 19.9. The average Bonchev–Trinajstić information content (AvgIpc) is 3.34. The number of phenols is 1. The summed E-state index contributed by atoms with van der Waals surface area (Å²) in [5.41, 5.74) is 11.8. The van der Waals surface area contributed by atoms with Crippen LogP contribution in [-0.2, 0) is 41.5 Å². The zero-order valence-corrected chi connectivity index (χ0v) is 44.9. The van der Waals surface area contributed by atoms with E-state index in [0.717, 1.165) is 65.7 Å². The first-order valence-corrected chi connectivity index (χ1v) is 27.2. The lowest BCUT2D eigenvalue weighted by Crippen LogP contribution is -2.53. The number of primary amides is 1. The third kappa shape index (κ3) is 20.2. The summed E-state index contributed by atoms with van der Waals surface area (Å²) >= 11 is 1.65. The minimum absolute atomic E-state index is 0.102. The smallest absolute Gasteiger partial charge is 0.323 e. The van der Waals surface area contributed by atoms with Gasteiger partial charge in [-0.25, -0.2) is 0 Å². The van der Waals surface area contributed by atoms with Gasteiger partial charge in [0.25, 0.3) is 0 Å². The van der Waals surface area contributed by atoms with Gasteiger partial charge in [0, 0.05) is 18.7 Å². The number of carbonyl (C=O) groups excluding carboxylic acids is 4. The number of aromatic hydroxyl groups is 1. The van der Waals surface area contributed by atoms with Crippen molar-refractivity contribution in [3.8, 4) is 5.75 Å². The summed E-state index contributed by atoms with van der Waals surface area (Å²) in [4.78, 5) is 54.5. The number of nitrogens with one attached hydrogen (secondary N) is 3. The normalized spacial score (nSPS) is 14.4. The van der Waals surface area contributed by atoms with Crippen LogP contribution >= 0.6 is 11.8 Å². The molecule has 1 unspecified atom stereocenters. The third-order valence-corrected chi connectivity index (χ3v) is 15.0. The van der Waals surface area contributed by atoms with Gasteiger partial charge in [-0.1, -0.05) is 173 Å². The summed E-state index contributed by atoms with van der Waals surface area (Å²) < 4.78 is 12.1. The number of amides is 3. The van der Waals surface area contributed by atoms with Crippen LogP contribution in [0.15, 0.2) is 72.9 Å². The fourth-order valence-corrected chi connectivity index (χ4v) is 10.1. The monoisotopic (exact) mass is 985 g/mol. The summed E-state index contributed by atoms with van der Waals surface area (Å²) in [5, 5.41) is 19.6. The molecule has 3 aromatic rings. The van der Waals surface area contributed by atoms with Gasteiger partial charge in [-0.3, -0.25) is 24.5 Å². The molecular formula is C58H88N4O7S. The first-order valence-electron chi connectivity index (χ1n) is 26.2. The van der Waals surface area contributed by atoms with Crippen LogP contribution < -0.4 is 21.7 Å². The first kappa shape index (κ1) is 59.7. The van der Waals surface area contributed by atoms with Gasteiger partial charge in [-0.15, -0.1) is 11.8 Å². The molecule has 12 heteroatoms. The fourth-order valence-electron chi connectivity index (χ4n) is 8.91. The average molecular weight is 985 g/mol. The Kier molecular flexibility index (Phi) is 27.6. The second-order valence-corrected chi connectivity index (χ2v) is 20.7. The zero-order valence-electron chi connectivity index (χ0n) is 44.1. The number of nitrogens with two attached hydrogens (primary N) is 1. The van der Waals surface area contributed by atoms with Gasteiger partial charge in [0.2, 0.25) is 17.7 Å². The lowest BCUT2D eigenvalue weighted by molar-refractivity contribution is -0.158. The molecule has 0 saturated heterocycles. The van der Waals surface area contributed by atoms with Gasteiger partial charge < -0.3 is 30.9 Å². The molecule has 0 aliphatic rings. The van der Waals surface area contributed by atoms with Gasteiger partial charge in [-0.05, 0) is 103 Å². The van der Waals surface area contributed by atoms with Crippen LogP contribution in [0.2, 0.25) is 0 Å². The maximum Gasteiger partial charge on any atom is 0.323 e. The van der Waals surface area contributed by atoms with Crippen molar-refractivity contribution in [3.63, 3.8) is 0 Å². The van der Waals surface area contributed by atoms with E-state index in [2.05, 4.69) is 36.4 Å². The van der Waals surface area contributed by atoms with Gasteiger partial charge in [-0.2, -0.15) is 0 Å². The van der Waals surface area contributed by atoms with Crippen molar-refractivity contribution in [1.82, 2.24) is 10.6 Å². The van der Waals surface area contributed by atoms with Crippen molar-refractivity contribution in [2.45, 2.75) is 188 Å². The van der Waals surface area contributed by atoms with Crippen LogP contribution in [0, 0.1) is 38.5 Å². The topological polar surface area (TPSA) is 169 Å². The van der Waals surface area contributed by atoms with E-state index in [4.69, 9.17) is 15.2 Å². The number of aryl methyl sites for hydroxylation is 1. The van der Waals surface area contributed by atoms with Gasteiger partial charge in [0.15, 0.2) is 0 Å². The molecule has 0 fully saturated rings. The van der Waals surface area contributed by atoms with E-state index in [9.17, 15) is 24.3 Å². The minimum Gasteiger partial charge on any atom is -0.507 e. The molecular weight excluding hydrogens is 897 g/mol. The Hall–Kier alpha value is -4.65. The molecule has 0 bridgehead atoms. The van der Waals surface area contributed by atoms with Crippen LogP contribution in [0.4, 0.5) is 5.69 Å². The number of anilines is 1. The van der Waals surface area contributed by atoms with E-state index in [1.807, 2.05) is 102 Å². The highest BCUT2D eigenvalue weighted by Crippen LogP contribution is 2.35. The summed E-state index contributed by atoms with van der Waals surface area (Å²) in [6, 6.07) is 18.7. The van der Waals surface area contributed by atoms with Crippen molar-refractivity contribution in [3.05, 3.63) is 106 Å². The second kappa shape index (κ2) is 32.3. The summed E-state index contributed by atoms with van der Waals surface area (Å²) in [6.07, 6.45) is 14.8. The first-order chi connectivity index (χ1) is 33.5. The molecule has 0 spiro atoms. The highest BCUT2D eigenvalue weighted by molar-refractivity contribution is 8.00. The largest absolute Gasteiger partial charge is 0.507 e. The van der Waals surface area contributed by atoms with E-state index in [-0.39, 0.29) is 47.4 Å². The van der Waals surface area contributed by atoms with Crippen molar-refractivity contribution >= 4 is 41.1 Å². The Bertz CT molecular complexity index is 2060. The molecule has 6 N–H and O–H groups in total. The van der Waals surface area contributed by atoms with Crippen molar-refractivity contribution in [2.75, 3.05) is 18.2 Å². The van der Waals surface area contributed by atoms with E-state index >= 15 is 0 Å². The minimum atomic E-state index is -0.953. The molecule has 0 radical (unpaired) electrons. The van der Waals surface area contributed by atoms with E-state index in [1.165, 1.54) is 58.5 Å². The molecule has 3 rings (SSSR count). The molecule has 11 nitrogen and oxygen atoms in total. The Balaban J connectivity index is 1.89. The SMILES string of the molecule is C=C(NC(=O)[C@@H](C)Cc1ccccc1)C(N[C@@H](C(=O)O[C@@H](CC(N)=O)[C@@H](C)CCCC)[C@H](CC)Cc1ccc([C@H](SCCCCCCCCCCCC)C(=O)Nc2cc(C)c(O)c(C)c2C)cc1)OC. The predicted molar refractivity (Wildman–Crippen MR) is 289 cm³/mol. The lowest BCUT2D eigenvalue weighted by Gasteiger charge is -2.33. The fraction of sp³-hybridized carbons (Fsp3) is 0.586. The lowest BCUT2D eigenvalue weighted by atomic mass is 9.88. The molecule has 0 saturated carbocycles. The van der Waals surface area contributed by atoms with E-state index in [1.54, 1.807) is 11.8 Å². The molecule has 0 heterocycles. The number of hydrogen-bond donors (Lipinski definition) is 5. The maximum atomic E-state index is 14.5. The second-order valence-electron chi connectivity index (χ2n) is 19.5. The predicted octanol–water partition coefficient (Wildman–Crippen LogP) is 12.3. The van der Waals surface area contributed by atoms with Gasteiger partial charge in [0.05, 0.1) is 12.1 Å². The number of methoxy groups -OCH3 is 1. The zero-order chi connectivity index (χ0) is 51.6. The van der Waals surface area contributed by atoms with Crippen LogP contribution in [0.5, 0.6) is 5.75 Å². The van der Waals surface area contributed by atoms with E-state index < -0.39 is 35.5 Å². The van der Waals surface area contributed by atoms with Crippen LogP contribution in [0.3, 0.4) is 0 Å². The molecule has 0 aliphatic heterocycles. The number of ether oxygens (including phenoxy) is 2. The Morgan fingerprint density at radius 1 is 0.771 bits per heavy atom. The Morgan fingerprint density at radius 3 is 1.96 bits per heavy atom. The third-order valence-electron chi connectivity index (χ3n) is 13.7. The standard InChI is InChI=1S/C58H88N4O7S/c1-11-14-16-17-18-19-20-21-22-26-34-70-54(56(66)61-49-36-40(5)53(64)43(8)42(49)7)48-32-30-46(31-33-48)37-47(13-3)52(58(67)69-50(38-51(59)63)39(4)27-15-12-2)62-57(68-10)44(9)60-55(65)41(6)35-45-28-24-23-25-29-45/h23-25,28-33,36,39,41,47,50,52,54,57,62,64H,9,11-22,26-27,34-35,37-38H2,1-8,10H3,(H2,59,63)(H,60,65)(H,61,66)/t39-,41-,47+,50-,52+,54-,57?/m0/s1. The highest BCUT2D eigenvalue weighted by atomic mass is 32.2. The number of hydrogen-bond acceptors (Lipinski definition) is 9. The highest BCUT2D eigenvalue weighted by Gasteiger charge is 2.35. The number of carbonyl (C=O) groups is 4. The van der Waals surface area contributed by atoms with Gasteiger partial charge >= 0.3 is 5.97 Å². The molecule has 7 atom stereocenters. The van der Waals surface area contributed by atoms with E-state index in [0.29, 0.717) is 30.5 Å².